The van der Waals surface area contributed by atoms with Gasteiger partial charge in [0.15, 0.2) is 11.6 Å². The standard InChI is InChI=1S/C18H17BO5/c20-11-18(22)15-5-3-14(4-6-15)17(21)10-12-1-2-13-7-8-24-19(23)16(13)9-12/h1-6,9,20,23H,7-8,10-11H2. The van der Waals surface area contributed by atoms with Gasteiger partial charge >= 0.3 is 7.12 Å². The van der Waals surface area contributed by atoms with E-state index in [1.807, 2.05) is 12.1 Å². The molecule has 0 bridgehead atoms. The topological polar surface area (TPSA) is 83.8 Å². The number of benzene rings is 2. The minimum atomic E-state index is -0.937. The third-order valence-electron chi connectivity index (χ3n) is 4.16. The van der Waals surface area contributed by atoms with Crippen LogP contribution in [0.2, 0.25) is 0 Å². The Kier molecular flexibility index (Phi) is 4.90. The molecule has 0 aromatic heterocycles. The molecule has 0 fully saturated rings. The van der Waals surface area contributed by atoms with Crippen LogP contribution in [0.3, 0.4) is 0 Å². The van der Waals surface area contributed by atoms with Crippen molar-refractivity contribution in [3.63, 3.8) is 0 Å². The van der Waals surface area contributed by atoms with Crippen molar-refractivity contribution >= 4 is 24.1 Å². The van der Waals surface area contributed by atoms with Crippen molar-refractivity contribution in [1.29, 1.82) is 0 Å². The third kappa shape index (κ3) is 3.46. The van der Waals surface area contributed by atoms with Crippen LogP contribution in [0.15, 0.2) is 42.5 Å². The average molecular weight is 324 g/mol. The van der Waals surface area contributed by atoms with E-state index in [4.69, 9.17) is 9.76 Å². The Labute approximate surface area is 140 Å². The molecule has 2 aromatic rings. The van der Waals surface area contributed by atoms with E-state index < -0.39 is 13.7 Å². The van der Waals surface area contributed by atoms with Crippen molar-refractivity contribution in [2.75, 3.05) is 13.2 Å². The molecule has 0 saturated carbocycles. The van der Waals surface area contributed by atoms with Gasteiger partial charge in [0.05, 0.1) is 0 Å². The molecule has 0 spiro atoms. The van der Waals surface area contributed by atoms with E-state index in [-0.39, 0.29) is 18.0 Å². The number of hydrogen-bond acceptors (Lipinski definition) is 5. The van der Waals surface area contributed by atoms with Crippen molar-refractivity contribution in [3.8, 4) is 0 Å². The Morgan fingerprint density at radius 3 is 2.38 bits per heavy atom. The molecule has 6 heteroatoms. The average Bonchev–Trinajstić information content (AvgIpc) is 2.62. The largest absolute Gasteiger partial charge is 0.491 e. The molecule has 1 heterocycles. The third-order valence-corrected chi connectivity index (χ3v) is 4.16. The summed E-state index contributed by atoms with van der Waals surface area (Å²) in [6.45, 7) is -0.0574. The maximum Gasteiger partial charge on any atom is 0.491 e. The Bertz CT molecular complexity index is 769. The van der Waals surface area contributed by atoms with Crippen molar-refractivity contribution in [1.82, 2.24) is 0 Å². The Morgan fingerprint density at radius 2 is 1.71 bits per heavy atom. The lowest BCUT2D eigenvalue weighted by atomic mass is 9.73. The fourth-order valence-corrected chi connectivity index (χ4v) is 2.80. The predicted octanol–water partition coefficient (Wildman–Crippen LogP) is 0.547. The SMILES string of the molecule is O=C(CO)c1ccc(C(=O)Cc2ccc3c(c2)B(O)OCC3)cc1. The molecule has 2 aromatic carbocycles. The van der Waals surface area contributed by atoms with Gasteiger partial charge in [0.2, 0.25) is 0 Å². The number of aliphatic hydroxyl groups is 1. The number of hydrogen-bond donors (Lipinski definition) is 2. The number of aliphatic hydroxyl groups excluding tert-OH is 1. The quantitative estimate of drug-likeness (QED) is 0.620. The number of ketones is 2. The molecule has 24 heavy (non-hydrogen) atoms. The first-order valence-electron chi connectivity index (χ1n) is 7.77. The summed E-state index contributed by atoms with van der Waals surface area (Å²) in [4.78, 5) is 23.8. The van der Waals surface area contributed by atoms with Crippen LogP contribution in [-0.4, -0.2) is 42.0 Å². The van der Waals surface area contributed by atoms with Crippen LogP contribution in [0.4, 0.5) is 0 Å². The molecular formula is C18H17BO5. The summed E-state index contributed by atoms with van der Waals surface area (Å²) < 4.78 is 5.21. The highest BCUT2D eigenvalue weighted by Crippen LogP contribution is 2.13. The number of rotatable bonds is 5. The molecular weight excluding hydrogens is 307 g/mol. The van der Waals surface area contributed by atoms with Gasteiger partial charge in [0.1, 0.15) is 6.61 Å². The zero-order valence-corrected chi connectivity index (χ0v) is 13.1. The van der Waals surface area contributed by atoms with Crippen LogP contribution in [0.5, 0.6) is 0 Å². The second-order valence-corrected chi connectivity index (χ2v) is 5.76. The van der Waals surface area contributed by atoms with Gasteiger partial charge in [-0.05, 0) is 23.0 Å². The molecule has 122 valence electrons. The summed E-state index contributed by atoms with van der Waals surface area (Å²) in [5.74, 6) is -0.457. The molecule has 1 aliphatic rings. The van der Waals surface area contributed by atoms with Gasteiger partial charge in [-0.2, -0.15) is 0 Å². The fraction of sp³-hybridized carbons (Fsp3) is 0.222. The Morgan fingerprint density at radius 1 is 1.04 bits per heavy atom. The second-order valence-electron chi connectivity index (χ2n) is 5.76. The Balaban J connectivity index is 1.75. The van der Waals surface area contributed by atoms with E-state index in [0.29, 0.717) is 17.7 Å². The highest BCUT2D eigenvalue weighted by Gasteiger charge is 2.25. The molecule has 0 amide bonds. The van der Waals surface area contributed by atoms with Gasteiger partial charge in [0, 0.05) is 24.2 Å². The first kappa shape index (κ1) is 16.6. The van der Waals surface area contributed by atoms with E-state index in [0.717, 1.165) is 23.0 Å². The minimum absolute atomic E-state index is 0.0795. The number of carbonyl (C=O) groups is 2. The van der Waals surface area contributed by atoms with E-state index in [9.17, 15) is 14.6 Å². The summed E-state index contributed by atoms with van der Waals surface area (Å²) >= 11 is 0. The van der Waals surface area contributed by atoms with Crippen molar-refractivity contribution in [2.24, 2.45) is 0 Å². The lowest BCUT2D eigenvalue weighted by molar-refractivity contribution is 0.0902. The number of Topliss-reactive ketones (excluding diaryl/α,β-unsaturated/α-hetero) is 2. The first-order chi connectivity index (χ1) is 11.6. The van der Waals surface area contributed by atoms with Crippen LogP contribution in [0.1, 0.15) is 31.8 Å². The van der Waals surface area contributed by atoms with Crippen LogP contribution in [0, 0.1) is 0 Å². The molecule has 3 rings (SSSR count). The molecule has 2 N–H and O–H groups in total. The zero-order chi connectivity index (χ0) is 17.1. The summed E-state index contributed by atoms with van der Waals surface area (Å²) in [6.07, 6.45) is 0.953. The monoisotopic (exact) mass is 324 g/mol. The van der Waals surface area contributed by atoms with E-state index in [1.165, 1.54) is 12.1 Å². The molecule has 0 atom stereocenters. The van der Waals surface area contributed by atoms with Crippen LogP contribution >= 0.6 is 0 Å². The molecule has 0 radical (unpaired) electrons. The van der Waals surface area contributed by atoms with Crippen molar-refractivity contribution < 1.29 is 24.4 Å². The summed E-state index contributed by atoms with van der Waals surface area (Å²) in [5, 5.41) is 18.7. The van der Waals surface area contributed by atoms with Gasteiger partial charge in [-0.25, -0.2) is 0 Å². The smallest absolute Gasteiger partial charge is 0.423 e. The second kappa shape index (κ2) is 7.09. The first-order valence-corrected chi connectivity index (χ1v) is 7.77. The van der Waals surface area contributed by atoms with Gasteiger partial charge in [-0.15, -0.1) is 0 Å². The van der Waals surface area contributed by atoms with E-state index in [2.05, 4.69) is 0 Å². The lowest BCUT2D eigenvalue weighted by Gasteiger charge is -2.19. The van der Waals surface area contributed by atoms with Gasteiger partial charge < -0.3 is 14.8 Å². The van der Waals surface area contributed by atoms with Gasteiger partial charge in [0.25, 0.3) is 0 Å². The van der Waals surface area contributed by atoms with Crippen LogP contribution < -0.4 is 5.46 Å². The van der Waals surface area contributed by atoms with Crippen molar-refractivity contribution in [2.45, 2.75) is 12.8 Å². The molecule has 0 unspecified atom stereocenters. The molecule has 0 saturated heterocycles. The predicted molar refractivity (Wildman–Crippen MR) is 89.6 cm³/mol. The highest BCUT2D eigenvalue weighted by molar-refractivity contribution is 6.60. The number of fused-ring (bicyclic) bond motifs is 1. The van der Waals surface area contributed by atoms with E-state index in [1.54, 1.807) is 18.2 Å². The van der Waals surface area contributed by atoms with Crippen molar-refractivity contribution in [3.05, 3.63) is 64.7 Å². The molecule has 0 aliphatic carbocycles. The van der Waals surface area contributed by atoms with E-state index >= 15 is 0 Å². The zero-order valence-electron chi connectivity index (χ0n) is 13.1. The molecule has 5 nitrogen and oxygen atoms in total. The number of carbonyl (C=O) groups excluding carboxylic acids is 2. The maximum atomic E-state index is 12.4. The summed E-state index contributed by atoms with van der Waals surface area (Å²) in [5.41, 5.74) is 3.44. The fourth-order valence-electron chi connectivity index (χ4n) is 2.80. The summed E-state index contributed by atoms with van der Waals surface area (Å²) in [7, 11) is -0.937. The van der Waals surface area contributed by atoms with Crippen LogP contribution in [0.25, 0.3) is 0 Å². The Hall–Kier alpha value is -2.28. The maximum absolute atomic E-state index is 12.4. The minimum Gasteiger partial charge on any atom is -0.423 e. The van der Waals surface area contributed by atoms with Crippen LogP contribution in [-0.2, 0) is 17.5 Å². The normalized spacial score (nSPS) is 13.5. The summed E-state index contributed by atoms with van der Waals surface area (Å²) in [6, 6.07) is 11.9. The highest BCUT2D eigenvalue weighted by atomic mass is 16.5. The molecule has 1 aliphatic heterocycles. The lowest BCUT2D eigenvalue weighted by Crippen LogP contribution is -2.41. The van der Waals surface area contributed by atoms with Gasteiger partial charge in [-0.1, -0.05) is 42.5 Å². The van der Waals surface area contributed by atoms with Gasteiger partial charge in [-0.3, -0.25) is 9.59 Å².